The molecular weight excluding hydrogens is 106 g/mol. The first-order valence-corrected chi connectivity index (χ1v) is 2.13. The van der Waals surface area contributed by atoms with Gasteiger partial charge >= 0.3 is 0 Å². The summed E-state index contributed by atoms with van der Waals surface area (Å²) in [6.45, 7) is 3.33. The molecule has 0 atom stereocenters. The lowest BCUT2D eigenvalue weighted by Gasteiger charge is -1.80. The summed E-state index contributed by atoms with van der Waals surface area (Å²) in [7, 11) is 0. The Kier molecular flexibility index (Phi) is 1.04. The number of hydrogen-bond acceptors (Lipinski definition) is 2. The number of rotatable bonds is 1. The molecule has 1 aromatic rings. The van der Waals surface area contributed by atoms with E-state index in [0.717, 1.165) is 4.74 Å². The largest absolute Gasteiger partial charge is 0.380 e. The minimum atomic E-state index is -0.194. The van der Waals surface area contributed by atoms with Crippen LogP contribution in [0, 0.1) is 0 Å². The maximum Gasteiger partial charge on any atom is 0.286 e. The van der Waals surface area contributed by atoms with Gasteiger partial charge < -0.3 is 4.52 Å². The van der Waals surface area contributed by atoms with Gasteiger partial charge in [0, 0.05) is 12.3 Å². The molecule has 0 aliphatic rings. The minimum Gasteiger partial charge on any atom is -0.380 e. The Morgan fingerprint density at radius 1 is 1.88 bits per heavy atom. The number of aromatic nitrogens is 1. The third kappa shape index (κ3) is 0.578. The second-order valence-electron chi connectivity index (χ2n) is 1.25. The molecule has 8 heavy (non-hydrogen) atoms. The van der Waals surface area contributed by atoms with Crippen LogP contribution in [-0.2, 0) is 0 Å². The molecule has 0 fully saturated rings. The van der Waals surface area contributed by atoms with E-state index in [-0.39, 0.29) is 5.56 Å². The van der Waals surface area contributed by atoms with E-state index in [1.54, 1.807) is 0 Å². The fourth-order valence-electron chi connectivity index (χ4n) is 0.413. The first-order chi connectivity index (χ1) is 3.84. The van der Waals surface area contributed by atoms with Crippen molar-refractivity contribution in [2.75, 3.05) is 0 Å². The fourth-order valence-corrected chi connectivity index (χ4v) is 0.413. The van der Waals surface area contributed by atoms with Crippen molar-refractivity contribution in [2.24, 2.45) is 0 Å². The van der Waals surface area contributed by atoms with E-state index in [0.29, 0.717) is 0 Å². The zero-order valence-electron chi connectivity index (χ0n) is 4.20. The standard InChI is InChI=1S/C5H5NO2/c1-2-6-5(7)3-4-8-6/h2-4H,1H2. The summed E-state index contributed by atoms with van der Waals surface area (Å²) in [6.07, 6.45) is 2.62. The monoisotopic (exact) mass is 111 g/mol. The maximum atomic E-state index is 10.4. The molecule has 1 rings (SSSR count). The Labute approximate surface area is 45.8 Å². The molecular formula is C5H5NO2. The summed E-state index contributed by atoms with van der Waals surface area (Å²) in [4.78, 5) is 10.4. The van der Waals surface area contributed by atoms with E-state index in [4.69, 9.17) is 0 Å². The summed E-state index contributed by atoms with van der Waals surface area (Å²) in [5.74, 6) is 0. The molecule has 0 N–H and O–H groups in total. The molecule has 0 bridgehead atoms. The van der Waals surface area contributed by atoms with Gasteiger partial charge in [0.25, 0.3) is 5.56 Å². The normalized spacial score (nSPS) is 9.00. The Morgan fingerprint density at radius 3 is 2.88 bits per heavy atom. The number of nitrogens with zero attached hydrogens (tertiary/aromatic N) is 1. The van der Waals surface area contributed by atoms with Crippen LogP contribution in [0.2, 0.25) is 0 Å². The first kappa shape index (κ1) is 4.90. The Morgan fingerprint density at radius 2 is 2.62 bits per heavy atom. The molecule has 0 unspecified atom stereocenters. The van der Waals surface area contributed by atoms with Gasteiger partial charge in [-0.25, -0.2) is 0 Å². The predicted molar refractivity (Wildman–Crippen MR) is 29.4 cm³/mol. The van der Waals surface area contributed by atoms with Gasteiger partial charge in [-0.2, -0.15) is 0 Å². The highest BCUT2D eigenvalue weighted by Gasteiger charge is 1.87. The van der Waals surface area contributed by atoms with Crippen molar-refractivity contribution in [1.29, 1.82) is 0 Å². The van der Waals surface area contributed by atoms with E-state index in [1.165, 1.54) is 18.5 Å². The maximum absolute atomic E-state index is 10.4. The lowest BCUT2D eigenvalue weighted by atomic mass is 10.7. The molecule has 42 valence electrons. The van der Waals surface area contributed by atoms with Crippen molar-refractivity contribution >= 4 is 6.20 Å². The zero-order chi connectivity index (χ0) is 5.98. The summed E-state index contributed by atoms with van der Waals surface area (Å²) >= 11 is 0. The SMILES string of the molecule is C=Cn1occc1=O. The third-order valence-corrected chi connectivity index (χ3v) is 0.768. The van der Waals surface area contributed by atoms with Gasteiger partial charge in [0.15, 0.2) is 0 Å². The van der Waals surface area contributed by atoms with Crippen LogP contribution in [0.3, 0.4) is 0 Å². The summed E-state index contributed by atoms with van der Waals surface area (Å²) in [5, 5.41) is 0. The average molecular weight is 111 g/mol. The van der Waals surface area contributed by atoms with Gasteiger partial charge in [0.1, 0.15) is 6.26 Å². The smallest absolute Gasteiger partial charge is 0.286 e. The molecule has 0 aliphatic carbocycles. The second-order valence-corrected chi connectivity index (χ2v) is 1.25. The summed E-state index contributed by atoms with van der Waals surface area (Å²) < 4.78 is 5.64. The topological polar surface area (TPSA) is 35.1 Å². The van der Waals surface area contributed by atoms with Crippen molar-refractivity contribution in [3.8, 4) is 0 Å². The van der Waals surface area contributed by atoms with Crippen LogP contribution in [0.4, 0.5) is 0 Å². The van der Waals surface area contributed by atoms with E-state index >= 15 is 0 Å². The molecule has 0 saturated carbocycles. The van der Waals surface area contributed by atoms with Crippen LogP contribution in [0.25, 0.3) is 6.20 Å². The number of hydrogen-bond donors (Lipinski definition) is 0. The molecule has 3 nitrogen and oxygen atoms in total. The highest BCUT2D eigenvalue weighted by Crippen LogP contribution is 1.78. The Bertz CT molecular complexity index is 233. The van der Waals surface area contributed by atoms with E-state index in [1.807, 2.05) is 0 Å². The van der Waals surface area contributed by atoms with Crippen molar-refractivity contribution < 1.29 is 4.52 Å². The van der Waals surface area contributed by atoms with Crippen molar-refractivity contribution in [2.45, 2.75) is 0 Å². The van der Waals surface area contributed by atoms with Crippen LogP contribution in [-0.4, -0.2) is 4.74 Å². The molecule has 3 heteroatoms. The van der Waals surface area contributed by atoms with Crippen LogP contribution in [0.5, 0.6) is 0 Å². The van der Waals surface area contributed by atoms with Crippen LogP contribution in [0.1, 0.15) is 0 Å². The van der Waals surface area contributed by atoms with Gasteiger partial charge in [-0.3, -0.25) is 4.79 Å². The highest BCUT2D eigenvalue weighted by molar-refractivity contribution is 5.10. The van der Waals surface area contributed by atoms with Crippen LogP contribution < -0.4 is 5.56 Å². The molecule has 0 radical (unpaired) electrons. The lowest BCUT2D eigenvalue weighted by molar-refractivity contribution is 0.354. The average Bonchev–Trinajstić information content (AvgIpc) is 2.14. The van der Waals surface area contributed by atoms with Crippen LogP contribution in [0.15, 0.2) is 28.2 Å². The van der Waals surface area contributed by atoms with Crippen molar-refractivity contribution in [3.63, 3.8) is 0 Å². The van der Waals surface area contributed by atoms with Gasteiger partial charge in [-0.05, 0) is 0 Å². The van der Waals surface area contributed by atoms with Gasteiger partial charge in [-0.15, -0.1) is 4.74 Å². The minimum absolute atomic E-state index is 0.194. The highest BCUT2D eigenvalue weighted by atomic mass is 16.5. The molecule has 0 amide bonds. The fraction of sp³-hybridized carbons (Fsp3) is 0. The molecule has 0 saturated heterocycles. The lowest BCUT2D eigenvalue weighted by Crippen LogP contribution is -2.05. The molecule has 0 aliphatic heterocycles. The van der Waals surface area contributed by atoms with Gasteiger partial charge in [-0.1, -0.05) is 6.58 Å². The van der Waals surface area contributed by atoms with Gasteiger partial charge in [0.05, 0.1) is 0 Å². The summed E-state index contributed by atoms with van der Waals surface area (Å²) in [5.41, 5.74) is -0.194. The Balaban J connectivity index is 3.30. The van der Waals surface area contributed by atoms with E-state index < -0.39 is 0 Å². The quantitative estimate of drug-likeness (QED) is 0.530. The molecule has 1 heterocycles. The second kappa shape index (κ2) is 1.69. The molecule has 1 aromatic heterocycles. The third-order valence-electron chi connectivity index (χ3n) is 0.768. The Hall–Kier alpha value is -1.25. The van der Waals surface area contributed by atoms with Crippen LogP contribution >= 0.6 is 0 Å². The zero-order valence-corrected chi connectivity index (χ0v) is 4.20. The van der Waals surface area contributed by atoms with Crippen molar-refractivity contribution in [1.82, 2.24) is 4.74 Å². The molecule has 0 spiro atoms. The summed E-state index contributed by atoms with van der Waals surface area (Å²) in [6, 6.07) is 1.32. The van der Waals surface area contributed by atoms with E-state index in [2.05, 4.69) is 11.1 Å². The van der Waals surface area contributed by atoms with Crippen molar-refractivity contribution in [3.05, 3.63) is 29.3 Å². The first-order valence-electron chi connectivity index (χ1n) is 2.13. The van der Waals surface area contributed by atoms with Gasteiger partial charge in [0.2, 0.25) is 0 Å². The predicted octanol–water partition coefficient (Wildman–Crippen LogP) is 0.542. The molecule has 0 aromatic carbocycles. The van der Waals surface area contributed by atoms with E-state index in [9.17, 15) is 4.79 Å².